The van der Waals surface area contributed by atoms with Crippen molar-refractivity contribution >= 4 is 5.69 Å². The maximum absolute atomic E-state index is 10.4. The molecule has 76 valence electrons. The van der Waals surface area contributed by atoms with Gasteiger partial charge in [-0.2, -0.15) is 0 Å². The van der Waals surface area contributed by atoms with Crippen LogP contribution in [0.1, 0.15) is 18.5 Å². The van der Waals surface area contributed by atoms with E-state index in [4.69, 9.17) is 5.73 Å². The smallest absolute Gasteiger partial charge is 0.269 e. The Morgan fingerprint density at radius 2 is 2.21 bits per heavy atom. The van der Waals surface area contributed by atoms with Crippen molar-refractivity contribution in [2.45, 2.75) is 19.1 Å². The number of nitro groups is 1. The molecule has 5 nitrogen and oxygen atoms in total. The first-order chi connectivity index (χ1) is 6.52. The summed E-state index contributed by atoms with van der Waals surface area (Å²) in [6.07, 6.45) is -0.725. The first-order valence-electron chi connectivity index (χ1n) is 4.20. The van der Waals surface area contributed by atoms with E-state index in [-0.39, 0.29) is 5.69 Å². The molecule has 0 heterocycles. The Bertz CT molecular complexity index is 339. The van der Waals surface area contributed by atoms with Crippen LogP contribution in [-0.4, -0.2) is 16.1 Å². The molecule has 0 fully saturated rings. The molecule has 0 aromatic heterocycles. The van der Waals surface area contributed by atoms with Gasteiger partial charge in [-0.3, -0.25) is 10.1 Å². The molecule has 0 aliphatic carbocycles. The fraction of sp³-hybridized carbons (Fsp3) is 0.333. The van der Waals surface area contributed by atoms with Crippen LogP contribution in [0.3, 0.4) is 0 Å². The van der Waals surface area contributed by atoms with Crippen molar-refractivity contribution in [2.75, 3.05) is 0 Å². The second-order valence-corrected chi connectivity index (χ2v) is 3.12. The minimum absolute atomic E-state index is 0.0152. The number of rotatable bonds is 3. The van der Waals surface area contributed by atoms with E-state index in [0.29, 0.717) is 5.56 Å². The summed E-state index contributed by atoms with van der Waals surface area (Å²) >= 11 is 0. The summed E-state index contributed by atoms with van der Waals surface area (Å²) < 4.78 is 0. The van der Waals surface area contributed by atoms with Gasteiger partial charge in [0.05, 0.1) is 17.1 Å². The number of aliphatic hydroxyl groups excluding tert-OH is 1. The van der Waals surface area contributed by atoms with Crippen LogP contribution in [0.5, 0.6) is 0 Å². The lowest BCUT2D eigenvalue weighted by Gasteiger charge is -2.14. The molecular weight excluding hydrogens is 184 g/mol. The Balaban J connectivity index is 2.99. The van der Waals surface area contributed by atoms with Crippen LogP contribution in [0.25, 0.3) is 0 Å². The summed E-state index contributed by atoms with van der Waals surface area (Å²) in [6.45, 7) is 1.55. The molecule has 1 aromatic carbocycles. The molecule has 0 aliphatic heterocycles. The number of aliphatic hydroxyl groups is 1. The molecule has 0 radical (unpaired) electrons. The van der Waals surface area contributed by atoms with Crippen molar-refractivity contribution in [1.82, 2.24) is 0 Å². The van der Waals surface area contributed by atoms with Gasteiger partial charge in [0, 0.05) is 12.1 Å². The fourth-order valence-electron chi connectivity index (χ4n) is 1.12. The highest BCUT2D eigenvalue weighted by Crippen LogP contribution is 2.19. The predicted octanol–water partition coefficient (Wildman–Crippen LogP) is 0.975. The summed E-state index contributed by atoms with van der Waals surface area (Å²) in [6, 6.07) is 5.38. The second-order valence-electron chi connectivity index (χ2n) is 3.12. The molecule has 2 atom stereocenters. The van der Waals surface area contributed by atoms with Gasteiger partial charge in [0.2, 0.25) is 0 Å². The highest BCUT2D eigenvalue weighted by Gasteiger charge is 2.14. The molecule has 2 unspecified atom stereocenters. The summed E-state index contributed by atoms with van der Waals surface area (Å²) in [4.78, 5) is 9.96. The molecule has 0 saturated carbocycles. The van der Waals surface area contributed by atoms with E-state index < -0.39 is 17.1 Å². The van der Waals surface area contributed by atoms with Crippen LogP contribution in [0.15, 0.2) is 24.3 Å². The normalized spacial score (nSPS) is 14.8. The zero-order valence-electron chi connectivity index (χ0n) is 7.75. The monoisotopic (exact) mass is 196 g/mol. The second kappa shape index (κ2) is 4.17. The summed E-state index contributed by atoms with van der Waals surface area (Å²) in [5.74, 6) is 0. The first kappa shape index (κ1) is 10.6. The Hall–Kier alpha value is -1.46. The van der Waals surface area contributed by atoms with E-state index in [1.165, 1.54) is 12.1 Å². The topological polar surface area (TPSA) is 89.4 Å². The quantitative estimate of drug-likeness (QED) is 0.557. The zero-order chi connectivity index (χ0) is 10.7. The molecule has 1 rings (SSSR count). The van der Waals surface area contributed by atoms with Crippen molar-refractivity contribution < 1.29 is 10.0 Å². The summed E-state index contributed by atoms with van der Waals surface area (Å²) in [5, 5.41) is 19.7. The highest BCUT2D eigenvalue weighted by atomic mass is 16.6. The minimum atomic E-state index is -0.725. The number of hydrogen-bond donors (Lipinski definition) is 2. The van der Waals surface area contributed by atoms with E-state index >= 15 is 0 Å². The van der Waals surface area contributed by atoms with E-state index in [1.54, 1.807) is 19.1 Å². The Kier molecular flexibility index (Phi) is 3.16. The maximum atomic E-state index is 10.4. The number of nitro benzene ring substituents is 1. The Morgan fingerprint density at radius 3 is 2.71 bits per heavy atom. The summed E-state index contributed by atoms with van der Waals surface area (Å²) in [7, 11) is 0. The third-order valence-corrected chi connectivity index (χ3v) is 1.99. The van der Waals surface area contributed by atoms with Crippen LogP contribution in [0.4, 0.5) is 5.69 Å². The SMILES string of the molecule is CC(O)C(N)c1cccc([N+](=O)[O-])c1. The molecule has 14 heavy (non-hydrogen) atoms. The van der Waals surface area contributed by atoms with E-state index in [2.05, 4.69) is 0 Å². The fourth-order valence-corrected chi connectivity index (χ4v) is 1.12. The standard InChI is InChI=1S/C9H12N2O3/c1-6(12)9(10)7-3-2-4-8(5-7)11(13)14/h2-6,9,12H,10H2,1H3. The van der Waals surface area contributed by atoms with Crippen molar-refractivity contribution in [3.05, 3.63) is 39.9 Å². The molecule has 0 amide bonds. The molecule has 1 aromatic rings. The molecule has 0 bridgehead atoms. The third kappa shape index (κ3) is 2.27. The van der Waals surface area contributed by atoms with Crippen LogP contribution in [0, 0.1) is 10.1 Å². The van der Waals surface area contributed by atoms with Crippen molar-refractivity contribution in [3.8, 4) is 0 Å². The van der Waals surface area contributed by atoms with Gasteiger partial charge < -0.3 is 10.8 Å². The zero-order valence-corrected chi connectivity index (χ0v) is 7.75. The number of non-ortho nitro benzene ring substituents is 1. The number of benzene rings is 1. The van der Waals surface area contributed by atoms with Crippen LogP contribution in [0.2, 0.25) is 0 Å². The summed E-state index contributed by atoms with van der Waals surface area (Å²) in [5.41, 5.74) is 6.18. The van der Waals surface area contributed by atoms with Crippen LogP contribution in [-0.2, 0) is 0 Å². The predicted molar refractivity (Wildman–Crippen MR) is 51.7 cm³/mol. The number of nitrogens with two attached hydrogens (primary N) is 1. The number of nitrogens with zero attached hydrogens (tertiary/aromatic N) is 1. The Morgan fingerprint density at radius 1 is 1.57 bits per heavy atom. The molecule has 3 N–H and O–H groups in total. The van der Waals surface area contributed by atoms with Crippen molar-refractivity contribution in [1.29, 1.82) is 0 Å². The van der Waals surface area contributed by atoms with Gasteiger partial charge in [0.1, 0.15) is 0 Å². The van der Waals surface area contributed by atoms with Gasteiger partial charge in [-0.15, -0.1) is 0 Å². The van der Waals surface area contributed by atoms with E-state index in [1.807, 2.05) is 0 Å². The van der Waals surface area contributed by atoms with Crippen LogP contribution < -0.4 is 5.73 Å². The highest BCUT2D eigenvalue weighted by molar-refractivity contribution is 5.35. The lowest BCUT2D eigenvalue weighted by atomic mass is 10.0. The van der Waals surface area contributed by atoms with Gasteiger partial charge in [-0.1, -0.05) is 12.1 Å². The molecule has 0 spiro atoms. The Labute approximate surface area is 81.3 Å². The lowest BCUT2D eigenvalue weighted by molar-refractivity contribution is -0.384. The molecule has 5 heteroatoms. The minimum Gasteiger partial charge on any atom is -0.391 e. The van der Waals surface area contributed by atoms with E-state index in [0.717, 1.165) is 0 Å². The largest absolute Gasteiger partial charge is 0.391 e. The molecule has 0 saturated heterocycles. The van der Waals surface area contributed by atoms with Crippen LogP contribution >= 0.6 is 0 Å². The average molecular weight is 196 g/mol. The van der Waals surface area contributed by atoms with Crippen molar-refractivity contribution in [3.63, 3.8) is 0 Å². The van der Waals surface area contributed by atoms with Gasteiger partial charge >= 0.3 is 0 Å². The molecule has 0 aliphatic rings. The van der Waals surface area contributed by atoms with E-state index in [9.17, 15) is 15.2 Å². The molecular formula is C9H12N2O3. The van der Waals surface area contributed by atoms with Gasteiger partial charge in [0.15, 0.2) is 0 Å². The average Bonchev–Trinajstić information content (AvgIpc) is 2.16. The third-order valence-electron chi connectivity index (χ3n) is 1.99. The van der Waals surface area contributed by atoms with Gasteiger partial charge in [-0.05, 0) is 12.5 Å². The lowest BCUT2D eigenvalue weighted by Crippen LogP contribution is -2.23. The first-order valence-corrected chi connectivity index (χ1v) is 4.20. The number of hydrogen-bond acceptors (Lipinski definition) is 4. The van der Waals surface area contributed by atoms with Gasteiger partial charge in [-0.25, -0.2) is 0 Å². The van der Waals surface area contributed by atoms with Gasteiger partial charge in [0.25, 0.3) is 5.69 Å². The van der Waals surface area contributed by atoms with Crippen molar-refractivity contribution in [2.24, 2.45) is 5.73 Å². The maximum Gasteiger partial charge on any atom is 0.269 e.